The molecule has 0 aliphatic rings. The second-order valence-corrected chi connectivity index (χ2v) is 6.76. The number of hydrogen-bond acceptors (Lipinski definition) is 5. The molecule has 1 amide bonds. The van der Waals surface area contributed by atoms with Crippen LogP contribution in [0.5, 0.6) is 0 Å². The maximum absolute atomic E-state index is 11.8. The molecule has 0 radical (unpaired) electrons. The van der Waals surface area contributed by atoms with Crippen molar-refractivity contribution in [3.05, 3.63) is 10.2 Å². The molecule has 1 heterocycles. The Hall–Kier alpha value is -0.700. The lowest BCUT2D eigenvalue weighted by Crippen LogP contribution is -2.33. The lowest BCUT2D eigenvalue weighted by atomic mass is 10.6. The Morgan fingerprint density at radius 1 is 1.47 bits per heavy atom. The van der Waals surface area contributed by atoms with Crippen molar-refractivity contribution in [3.8, 4) is 0 Å². The fourth-order valence-corrected chi connectivity index (χ4v) is 3.90. The molecule has 0 atom stereocenters. The first-order valence-electron chi connectivity index (χ1n) is 4.70. The highest BCUT2D eigenvalue weighted by Crippen LogP contribution is 2.26. The van der Waals surface area contributed by atoms with E-state index in [0.717, 1.165) is 11.3 Å². The fourth-order valence-electron chi connectivity index (χ4n) is 1.09. The van der Waals surface area contributed by atoms with E-state index in [9.17, 15) is 13.2 Å². The number of amides is 1. The first-order valence-corrected chi connectivity index (χ1v) is 7.37. The van der Waals surface area contributed by atoms with Crippen molar-refractivity contribution in [1.82, 2.24) is 15.0 Å². The van der Waals surface area contributed by atoms with Crippen molar-refractivity contribution in [3.63, 3.8) is 0 Å². The average molecular weight is 298 g/mol. The van der Waals surface area contributed by atoms with Gasteiger partial charge in [0.2, 0.25) is 5.91 Å². The molecule has 1 rings (SSSR count). The van der Waals surface area contributed by atoms with Gasteiger partial charge in [-0.3, -0.25) is 4.79 Å². The van der Waals surface area contributed by atoms with Crippen LogP contribution < -0.4 is 10.0 Å². The average Bonchev–Trinajstić information content (AvgIpc) is 2.53. The second kappa shape index (κ2) is 5.76. The molecule has 9 heteroatoms. The Labute approximate surface area is 108 Å². The number of halogens is 1. The zero-order chi connectivity index (χ0) is 13.1. The summed E-state index contributed by atoms with van der Waals surface area (Å²) in [6.07, 6.45) is 0. The van der Waals surface area contributed by atoms with E-state index in [0.29, 0.717) is 5.69 Å². The van der Waals surface area contributed by atoms with Crippen LogP contribution in [-0.2, 0) is 14.8 Å². The molecule has 0 fully saturated rings. The third-order valence-electron chi connectivity index (χ3n) is 1.76. The predicted octanol–water partition coefficient (Wildman–Crippen LogP) is 0.519. The van der Waals surface area contributed by atoms with E-state index in [1.54, 1.807) is 6.92 Å². The molecule has 0 spiro atoms. The number of nitrogens with one attached hydrogen (secondary N) is 2. The second-order valence-electron chi connectivity index (χ2n) is 3.22. The third kappa shape index (κ3) is 4.23. The zero-order valence-corrected chi connectivity index (χ0v) is 11.7. The van der Waals surface area contributed by atoms with Gasteiger partial charge >= 0.3 is 0 Å². The minimum Gasteiger partial charge on any atom is -0.355 e. The minimum atomic E-state index is -3.60. The van der Waals surface area contributed by atoms with E-state index in [1.807, 2.05) is 0 Å². The van der Waals surface area contributed by atoms with Gasteiger partial charge in [-0.05, 0) is 6.92 Å². The van der Waals surface area contributed by atoms with Crippen molar-refractivity contribution >= 4 is 38.9 Å². The normalized spacial score (nSPS) is 11.5. The molecule has 6 nitrogen and oxygen atoms in total. The topological polar surface area (TPSA) is 88.2 Å². The van der Waals surface area contributed by atoms with Crippen LogP contribution in [-0.4, -0.2) is 32.4 Å². The van der Waals surface area contributed by atoms with Crippen LogP contribution in [0, 0.1) is 6.92 Å². The van der Waals surface area contributed by atoms with Crippen LogP contribution in [0.2, 0.25) is 4.47 Å². The number of carbonyl (C=O) groups is 1. The standard InChI is InChI=1S/C8H12ClN3O3S2/c1-5-7(16-8(9)12-5)17(14,15)11-4-3-10-6(2)13/h11H,3-4H2,1-2H3,(H,10,13). The quantitative estimate of drug-likeness (QED) is 0.776. The molecule has 2 N–H and O–H groups in total. The Morgan fingerprint density at radius 2 is 2.12 bits per heavy atom. The number of sulfonamides is 1. The minimum absolute atomic E-state index is 0.102. The summed E-state index contributed by atoms with van der Waals surface area (Å²) in [5.41, 5.74) is 0.368. The van der Waals surface area contributed by atoms with E-state index in [-0.39, 0.29) is 27.7 Å². The van der Waals surface area contributed by atoms with E-state index in [4.69, 9.17) is 11.6 Å². The summed E-state index contributed by atoms with van der Waals surface area (Å²) >= 11 is 6.53. The molecule has 96 valence electrons. The molecule has 0 unspecified atom stereocenters. The molecular formula is C8H12ClN3O3S2. The van der Waals surface area contributed by atoms with Crippen molar-refractivity contribution in [1.29, 1.82) is 0 Å². The lowest BCUT2D eigenvalue weighted by molar-refractivity contribution is -0.118. The summed E-state index contributed by atoms with van der Waals surface area (Å²) in [4.78, 5) is 14.4. The van der Waals surface area contributed by atoms with Gasteiger partial charge in [0.25, 0.3) is 10.0 Å². The van der Waals surface area contributed by atoms with Crippen LogP contribution in [0.25, 0.3) is 0 Å². The van der Waals surface area contributed by atoms with Crippen molar-refractivity contribution < 1.29 is 13.2 Å². The van der Waals surface area contributed by atoms with Gasteiger partial charge in [0.05, 0.1) is 5.69 Å². The highest BCUT2D eigenvalue weighted by molar-refractivity contribution is 7.91. The number of hydrogen-bond donors (Lipinski definition) is 2. The van der Waals surface area contributed by atoms with Gasteiger partial charge < -0.3 is 5.32 Å². The van der Waals surface area contributed by atoms with E-state index in [2.05, 4.69) is 15.0 Å². The van der Waals surface area contributed by atoms with Gasteiger partial charge in [-0.25, -0.2) is 18.1 Å². The fraction of sp³-hybridized carbons (Fsp3) is 0.500. The Balaban J connectivity index is 2.63. The highest BCUT2D eigenvalue weighted by atomic mass is 35.5. The summed E-state index contributed by atoms with van der Waals surface area (Å²) in [6.45, 7) is 3.30. The SMILES string of the molecule is CC(=O)NCCNS(=O)(=O)c1sc(Cl)nc1C. The largest absolute Gasteiger partial charge is 0.355 e. The van der Waals surface area contributed by atoms with Crippen LogP contribution in [0.15, 0.2) is 4.21 Å². The lowest BCUT2D eigenvalue weighted by Gasteiger charge is -2.05. The number of thiazole rings is 1. The summed E-state index contributed by atoms with van der Waals surface area (Å²) in [6, 6.07) is 0. The summed E-state index contributed by atoms with van der Waals surface area (Å²) in [7, 11) is -3.60. The number of rotatable bonds is 5. The zero-order valence-electron chi connectivity index (χ0n) is 9.28. The van der Waals surface area contributed by atoms with Gasteiger partial charge in [0.1, 0.15) is 0 Å². The van der Waals surface area contributed by atoms with Crippen LogP contribution in [0.3, 0.4) is 0 Å². The van der Waals surface area contributed by atoms with Gasteiger partial charge in [-0.15, -0.1) is 0 Å². The summed E-state index contributed by atoms with van der Waals surface area (Å²) < 4.78 is 26.2. The maximum Gasteiger partial charge on any atom is 0.252 e. The molecule has 0 saturated heterocycles. The molecule has 1 aromatic heterocycles. The predicted molar refractivity (Wildman–Crippen MR) is 65.7 cm³/mol. The van der Waals surface area contributed by atoms with Gasteiger partial charge in [-0.2, -0.15) is 0 Å². The number of carbonyl (C=O) groups excluding carboxylic acids is 1. The summed E-state index contributed by atoms with van der Waals surface area (Å²) in [5.74, 6) is -0.207. The molecular weight excluding hydrogens is 286 g/mol. The molecule has 0 aromatic carbocycles. The molecule has 0 aliphatic heterocycles. The van der Waals surface area contributed by atoms with E-state index >= 15 is 0 Å². The van der Waals surface area contributed by atoms with Gasteiger partial charge in [0.15, 0.2) is 8.68 Å². The Morgan fingerprint density at radius 3 is 2.59 bits per heavy atom. The van der Waals surface area contributed by atoms with Crippen molar-refractivity contribution in [2.45, 2.75) is 18.1 Å². The van der Waals surface area contributed by atoms with Gasteiger partial charge in [-0.1, -0.05) is 22.9 Å². The van der Waals surface area contributed by atoms with Crippen LogP contribution in [0.4, 0.5) is 0 Å². The molecule has 1 aromatic rings. The Kier molecular flexibility index (Phi) is 4.87. The number of aromatic nitrogens is 1. The first-order chi connectivity index (χ1) is 7.83. The van der Waals surface area contributed by atoms with Crippen LogP contribution in [0.1, 0.15) is 12.6 Å². The monoisotopic (exact) mass is 297 g/mol. The smallest absolute Gasteiger partial charge is 0.252 e. The van der Waals surface area contributed by atoms with Crippen LogP contribution >= 0.6 is 22.9 Å². The number of aryl methyl sites for hydroxylation is 1. The van der Waals surface area contributed by atoms with Crippen molar-refractivity contribution in [2.24, 2.45) is 0 Å². The number of nitrogens with zero attached hydrogens (tertiary/aromatic N) is 1. The van der Waals surface area contributed by atoms with E-state index in [1.165, 1.54) is 6.92 Å². The maximum atomic E-state index is 11.8. The van der Waals surface area contributed by atoms with Gasteiger partial charge in [0, 0.05) is 20.0 Å². The molecule has 0 saturated carbocycles. The summed E-state index contributed by atoms with van der Waals surface area (Å²) in [5, 5.41) is 2.49. The van der Waals surface area contributed by atoms with E-state index < -0.39 is 10.0 Å². The molecule has 17 heavy (non-hydrogen) atoms. The molecule has 0 bridgehead atoms. The third-order valence-corrected chi connectivity index (χ3v) is 5.10. The highest BCUT2D eigenvalue weighted by Gasteiger charge is 2.20. The molecule has 0 aliphatic carbocycles. The van der Waals surface area contributed by atoms with Crippen molar-refractivity contribution in [2.75, 3.05) is 13.1 Å². The first kappa shape index (κ1) is 14.4. The Bertz CT molecular complexity index is 512.